The van der Waals surface area contributed by atoms with Gasteiger partial charge in [0.05, 0.1) is 6.61 Å². The summed E-state index contributed by atoms with van der Waals surface area (Å²) in [5, 5.41) is 2.04. The predicted octanol–water partition coefficient (Wildman–Crippen LogP) is 3.89. The Labute approximate surface area is 130 Å². The molecule has 2 rings (SSSR count). The SMILES string of the molecule is CCCCC(COP(=O)(O)O)Oc1cccc2ccccc12. The normalized spacial score (nSPS) is 13.2. The molecule has 0 aliphatic heterocycles. The minimum absolute atomic E-state index is 0.131. The van der Waals surface area contributed by atoms with E-state index in [0.717, 1.165) is 23.6 Å². The van der Waals surface area contributed by atoms with Gasteiger partial charge in [-0.1, -0.05) is 49.7 Å². The van der Waals surface area contributed by atoms with Gasteiger partial charge >= 0.3 is 7.82 Å². The van der Waals surface area contributed by atoms with Crippen LogP contribution in [0.5, 0.6) is 5.75 Å². The number of hydrogen-bond donors (Lipinski definition) is 2. The van der Waals surface area contributed by atoms with E-state index in [1.165, 1.54) is 0 Å². The van der Waals surface area contributed by atoms with Crippen molar-refractivity contribution in [3.8, 4) is 5.75 Å². The van der Waals surface area contributed by atoms with Crippen LogP contribution in [-0.2, 0) is 9.09 Å². The maximum atomic E-state index is 10.9. The molecule has 1 unspecified atom stereocenters. The first-order valence-electron chi connectivity index (χ1n) is 7.34. The summed E-state index contributed by atoms with van der Waals surface area (Å²) in [7, 11) is -4.48. The molecule has 0 aromatic heterocycles. The van der Waals surface area contributed by atoms with Gasteiger partial charge in [0, 0.05) is 5.39 Å². The van der Waals surface area contributed by atoms with Gasteiger partial charge in [-0.25, -0.2) is 4.57 Å². The Morgan fingerprint density at radius 1 is 1.14 bits per heavy atom. The Bertz CT molecular complexity index is 647. The molecule has 0 saturated heterocycles. The second kappa shape index (κ2) is 7.75. The van der Waals surface area contributed by atoms with Crippen LogP contribution in [0.1, 0.15) is 26.2 Å². The van der Waals surface area contributed by atoms with Crippen LogP contribution < -0.4 is 4.74 Å². The van der Waals surface area contributed by atoms with Crippen molar-refractivity contribution in [2.75, 3.05) is 6.61 Å². The van der Waals surface area contributed by atoms with Gasteiger partial charge in [0.25, 0.3) is 0 Å². The highest BCUT2D eigenvalue weighted by Crippen LogP contribution is 2.36. The molecule has 6 heteroatoms. The van der Waals surface area contributed by atoms with Crippen molar-refractivity contribution >= 4 is 18.6 Å². The highest BCUT2D eigenvalue weighted by atomic mass is 31.2. The summed E-state index contributed by atoms with van der Waals surface area (Å²) < 4.78 is 21.5. The lowest BCUT2D eigenvalue weighted by atomic mass is 10.1. The number of fused-ring (bicyclic) bond motifs is 1. The zero-order valence-corrected chi connectivity index (χ0v) is 13.4. The van der Waals surface area contributed by atoms with Crippen LogP contribution >= 0.6 is 7.82 Å². The van der Waals surface area contributed by atoms with Gasteiger partial charge in [0.15, 0.2) is 0 Å². The van der Waals surface area contributed by atoms with E-state index in [-0.39, 0.29) is 6.61 Å². The van der Waals surface area contributed by atoms with Crippen LogP contribution in [0, 0.1) is 0 Å². The van der Waals surface area contributed by atoms with Gasteiger partial charge in [-0.3, -0.25) is 4.52 Å². The van der Waals surface area contributed by atoms with E-state index in [1.807, 2.05) is 42.5 Å². The van der Waals surface area contributed by atoms with E-state index < -0.39 is 13.9 Å². The predicted molar refractivity (Wildman–Crippen MR) is 85.9 cm³/mol. The molecule has 2 N–H and O–H groups in total. The van der Waals surface area contributed by atoms with Crippen molar-refractivity contribution in [3.05, 3.63) is 42.5 Å². The lowest BCUT2D eigenvalue weighted by Gasteiger charge is -2.20. The van der Waals surface area contributed by atoms with Crippen molar-refractivity contribution in [1.29, 1.82) is 0 Å². The average molecular weight is 324 g/mol. The maximum Gasteiger partial charge on any atom is 0.469 e. The molecule has 120 valence electrons. The summed E-state index contributed by atoms with van der Waals surface area (Å²) in [6.45, 7) is 1.92. The highest BCUT2D eigenvalue weighted by Gasteiger charge is 2.19. The molecule has 0 saturated carbocycles. The number of benzene rings is 2. The zero-order chi connectivity index (χ0) is 16.0. The molecule has 0 amide bonds. The molecular weight excluding hydrogens is 303 g/mol. The largest absolute Gasteiger partial charge is 0.487 e. The van der Waals surface area contributed by atoms with E-state index in [1.54, 1.807) is 0 Å². The third-order valence-corrected chi connectivity index (χ3v) is 3.84. The molecule has 22 heavy (non-hydrogen) atoms. The van der Waals surface area contributed by atoms with Crippen molar-refractivity contribution in [2.45, 2.75) is 32.3 Å². The van der Waals surface area contributed by atoms with Gasteiger partial charge in [0.1, 0.15) is 11.9 Å². The summed E-state index contributed by atoms with van der Waals surface area (Å²) in [4.78, 5) is 17.7. The molecule has 0 spiro atoms. The number of phosphoric ester groups is 1. The number of hydrogen-bond acceptors (Lipinski definition) is 3. The molecular formula is C16H21O5P. The van der Waals surface area contributed by atoms with Crippen molar-refractivity contribution in [3.63, 3.8) is 0 Å². The van der Waals surface area contributed by atoms with Crippen LogP contribution in [0.3, 0.4) is 0 Å². The van der Waals surface area contributed by atoms with Crippen molar-refractivity contribution < 1.29 is 23.6 Å². The Kier molecular flexibility index (Phi) is 5.98. The highest BCUT2D eigenvalue weighted by molar-refractivity contribution is 7.46. The number of ether oxygens (including phenoxy) is 1. The van der Waals surface area contributed by atoms with Crippen LogP contribution in [-0.4, -0.2) is 22.5 Å². The summed E-state index contributed by atoms with van der Waals surface area (Å²) in [5.41, 5.74) is 0. The quantitative estimate of drug-likeness (QED) is 0.721. The monoisotopic (exact) mass is 324 g/mol. The Balaban J connectivity index is 2.15. The lowest BCUT2D eigenvalue weighted by Crippen LogP contribution is -2.22. The third-order valence-electron chi connectivity index (χ3n) is 3.35. The molecule has 1 atom stereocenters. The Hall–Kier alpha value is -1.39. The second-order valence-electron chi connectivity index (χ2n) is 5.15. The third kappa shape index (κ3) is 5.11. The van der Waals surface area contributed by atoms with Crippen LogP contribution in [0.2, 0.25) is 0 Å². The van der Waals surface area contributed by atoms with Crippen LogP contribution in [0.4, 0.5) is 0 Å². The molecule has 2 aromatic rings. The fourth-order valence-corrected chi connectivity index (χ4v) is 2.63. The number of phosphoric acid groups is 1. The van der Waals surface area contributed by atoms with Gasteiger partial charge in [0.2, 0.25) is 0 Å². The van der Waals surface area contributed by atoms with E-state index >= 15 is 0 Å². The van der Waals surface area contributed by atoms with Gasteiger partial charge in [-0.2, -0.15) is 0 Å². The second-order valence-corrected chi connectivity index (χ2v) is 6.39. The maximum absolute atomic E-state index is 10.9. The Morgan fingerprint density at radius 2 is 1.86 bits per heavy atom. The average Bonchev–Trinajstić information content (AvgIpc) is 2.49. The van der Waals surface area contributed by atoms with E-state index in [4.69, 9.17) is 14.5 Å². The molecule has 0 aliphatic carbocycles. The van der Waals surface area contributed by atoms with Gasteiger partial charge in [-0.05, 0) is 24.3 Å². The zero-order valence-electron chi connectivity index (χ0n) is 12.5. The van der Waals surface area contributed by atoms with E-state index in [0.29, 0.717) is 12.2 Å². The topological polar surface area (TPSA) is 76.0 Å². The first-order valence-corrected chi connectivity index (χ1v) is 8.87. The first-order chi connectivity index (χ1) is 10.5. The lowest BCUT2D eigenvalue weighted by molar-refractivity contribution is 0.0956. The van der Waals surface area contributed by atoms with Gasteiger partial charge in [-0.15, -0.1) is 0 Å². The van der Waals surface area contributed by atoms with Crippen molar-refractivity contribution in [1.82, 2.24) is 0 Å². The summed E-state index contributed by atoms with van der Waals surface area (Å²) in [5.74, 6) is 0.702. The van der Waals surface area contributed by atoms with Gasteiger partial charge < -0.3 is 14.5 Å². The summed E-state index contributed by atoms with van der Waals surface area (Å²) in [6.07, 6.45) is 2.17. The molecule has 0 bridgehead atoms. The number of rotatable bonds is 8. The summed E-state index contributed by atoms with van der Waals surface area (Å²) in [6, 6.07) is 13.6. The summed E-state index contributed by atoms with van der Waals surface area (Å²) >= 11 is 0. The van der Waals surface area contributed by atoms with Crippen molar-refractivity contribution in [2.24, 2.45) is 0 Å². The Morgan fingerprint density at radius 3 is 2.59 bits per heavy atom. The minimum Gasteiger partial charge on any atom is -0.487 e. The molecule has 2 aromatic carbocycles. The minimum atomic E-state index is -4.48. The van der Waals surface area contributed by atoms with E-state index in [9.17, 15) is 4.57 Å². The van der Waals surface area contributed by atoms with Crippen LogP contribution in [0.15, 0.2) is 42.5 Å². The van der Waals surface area contributed by atoms with E-state index in [2.05, 4.69) is 11.4 Å². The smallest absolute Gasteiger partial charge is 0.469 e. The molecule has 0 aliphatic rings. The standard InChI is InChI=1S/C16H21O5P/c1-2-3-9-14(12-20-22(17,18)19)21-16-11-6-8-13-7-4-5-10-15(13)16/h4-8,10-11,14H,2-3,9,12H2,1H3,(H2,17,18,19). The molecule has 0 heterocycles. The molecule has 0 radical (unpaired) electrons. The fourth-order valence-electron chi connectivity index (χ4n) is 2.27. The molecule has 0 fully saturated rings. The fraction of sp³-hybridized carbons (Fsp3) is 0.375. The molecule has 5 nitrogen and oxygen atoms in total. The first kappa shape index (κ1) is 17.0. The number of unbranched alkanes of at least 4 members (excludes halogenated alkanes) is 1. The van der Waals surface area contributed by atoms with Crippen LogP contribution in [0.25, 0.3) is 10.8 Å².